The molecule has 2 heterocycles. The van der Waals surface area contributed by atoms with Gasteiger partial charge in [0, 0.05) is 31.9 Å². The van der Waals surface area contributed by atoms with E-state index in [2.05, 4.69) is 15.4 Å². The molecule has 0 unspecified atom stereocenters. The van der Waals surface area contributed by atoms with E-state index in [0.29, 0.717) is 12.8 Å². The summed E-state index contributed by atoms with van der Waals surface area (Å²) in [6, 6.07) is -2.22. The van der Waals surface area contributed by atoms with Crippen molar-refractivity contribution in [3.63, 3.8) is 0 Å². The maximum absolute atomic E-state index is 13.5. The quantitative estimate of drug-likeness (QED) is 0.326. The predicted octanol–water partition coefficient (Wildman–Crippen LogP) is -0.699. The van der Waals surface area contributed by atoms with Gasteiger partial charge in [-0.1, -0.05) is 12.2 Å². The SMILES string of the molecule is CC(C)(C)OC(=O)N[C@H]1CCOC/C=C\[C@H]2C[C@@]2(C(=O)NS(=O)(=O)C2CC2)NC(=O)[C@@H]2C[C@@H](O)CN2C1=O. The van der Waals surface area contributed by atoms with Gasteiger partial charge in [-0.05, 0) is 40.0 Å². The van der Waals surface area contributed by atoms with Gasteiger partial charge in [0.05, 0.1) is 18.0 Å². The van der Waals surface area contributed by atoms with Crippen molar-refractivity contribution >= 4 is 33.8 Å². The number of amides is 4. The lowest BCUT2D eigenvalue weighted by molar-refractivity contribution is -0.141. The average Bonchev–Trinajstić information content (AvgIpc) is 3.71. The highest BCUT2D eigenvalue weighted by Crippen LogP contribution is 2.46. The number of carbonyl (C=O) groups excluding carboxylic acids is 4. The monoisotopic (exact) mass is 556 g/mol. The van der Waals surface area contributed by atoms with E-state index < -0.39 is 74.3 Å². The molecular formula is C24H36N4O9S. The lowest BCUT2D eigenvalue weighted by Crippen LogP contribution is -2.58. The third-order valence-corrected chi connectivity index (χ3v) is 8.77. The van der Waals surface area contributed by atoms with Crippen LogP contribution in [0.4, 0.5) is 4.79 Å². The van der Waals surface area contributed by atoms with Gasteiger partial charge in [0.25, 0.3) is 5.91 Å². The number of aliphatic hydroxyl groups excluding tert-OH is 1. The van der Waals surface area contributed by atoms with Gasteiger partial charge < -0.3 is 30.1 Å². The molecule has 2 aliphatic carbocycles. The molecular weight excluding hydrogens is 520 g/mol. The number of alkyl carbamates (subject to hydrolysis) is 1. The topological polar surface area (TPSA) is 180 Å². The van der Waals surface area contributed by atoms with Crippen molar-refractivity contribution in [2.45, 2.75) is 87.5 Å². The zero-order valence-corrected chi connectivity index (χ0v) is 22.6. The molecule has 13 nitrogen and oxygen atoms in total. The van der Waals surface area contributed by atoms with Crippen molar-refractivity contribution in [1.82, 2.24) is 20.3 Å². The Morgan fingerprint density at radius 3 is 2.61 bits per heavy atom. The first-order valence-corrected chi connectivity index (χ1v) is 14.4. The van der Waals surface area contributed by atoms with Crippen LogP contribution in [0.3, 0.4) is 0 Å². The Morgan fingerprint density at radius 1 is 1.24 bits per heavy atom. The Kier molecular flexibility index (Phi) is 7.79. The van der Waals surface area contributed by atoms with Crippen molar-refractivity contribution in [1.29, 1.82) is 0 Å². The molecule has 5 atom stereocenters. The predicted molar refractivity (Wildman–Crippen MR) is 133 cm³/mol. The Labute approximate surface area is 221 Å². The molecule has 38 heavy (non-hydrogen) atoms. The van der Waals surface area contributed by atoms with Gasteiger partial charge in [-0.3, -0.25) is 19.1 Å². The largest absolute Gasteiger partial charge is 0.444 e. The van der Waals surface area contributed by atoms with Gasteiger partial charge in [-0.25, -0.2) is 13.2 Å². The van der Waals surface area contributed by atoms with E-state index in [9.17, 15) is 32.7 Å². The Bertz CT molecular complexity index is 1110. The third kappa shape index (κ3) is 6.46. The molecule has 0 radical (unpaired) electrons. The Hall–Kier alpha value is -2.71. The first-order chi connectivity index (χ1) is 17.7. The fraction of sp³-hybridized carbons (Fsp3) is 0.750. The van der Waals surface area contributed by atoms with Gasteiger partial charge in [0.15, 0.2) is 0 Å². The summed E-state index contributed by atoms with van der Waals surface area (Å²) >= 11 is 0. The summed E-state index contributed by atoms with van der Waals surface area (Å²) in [5.74, 6) is -2.59. The molecule has 2 saturated carbocycles. The normalized spacial score (nSPS) is 33.2. The van der Waals surface area contributed by atoms with E-state index in [-0.39, 0.29) is 39.0 Å². The molecule has 1 saturated heterocycles. The lowest BCUT2D eigenvalue weighted by atomic mass is 10.1. The van der Waals surface area contributed by atoms with E-state index in [1.54, 1.807) is 32.9 Å². The van der Waals surface area contributed by atoms with Crippen LogP contribution in [-0.2, 0) is 33.9 Å². The van der Waals surface area contributed by atoms with Crippen LogP contribution >= 0.6 is 0 Å². The van der Waals surface area contributed by atoms with Crippen LogP contribution in [0.25, 0.3) is 0 Å². The summed E-state index contributed by atoms with van der Waals surface area (Å²) in [6.07, 6.45) is 2.68. The zero-order chi connectivity index (χ0) is 27.9. The van der Waals surface area contributed by atoms with Crippen LogP contribution in [0.1, 0.15) is 52.9 Å². The van der Waals surface area contributed by atoms with Crippen LogP contribution in [-0.4, -0.2) is 96.6 Å². The summed E-state index contributed by atoms with van der Waals surface area (Å²) in [5, 5.41) is 14.9. The smallest absolute Gasteiger partial charge is 0.408 e. The highest BCUT2D eigenvalue weighted by Gasteiger charge is 2.62. The first kappa shape index (κ1) is 28.3. The second-order valence-corrected chi connectivity index (χ2v) is 13.3. The number of fused-ring (bicyclic) bond motifs is 2. The van der Waals surface area contributed by atoms with E-state index in [1.807, 2.05) is 0 Å². The van der Waals surface area contributed by atoms with Crippen LogP contribution in [0.5, 0.6) is 0 Å². The Balaban J connectivity index is 1.56. The molecule has 4 rings (SSSR count). The van der Waals surface area contributed by atoms with Crippen LogP contribution in [0, 0.1) is 5.92 Å². The Morgan fingerprint density at radius 2 is 1.95 bits per heavy atom. The molecule has 3 fully saturated rings. The standard InChI is InChI=1S/C24H36N4O9S/c1-23(2,3)37-22(33)25-17-8-10-36-9-4-5-14-12-24(14,21(32)27-38(34,35)16-6-7-16)26-19(30)18-11-15(29)13-28(18)20(17)31/h4-5,14-18,29H,6-13H2,1-3H3,(H,25,33)(H,26,30)(H,27,32)/b5-4-/t14-,15+,17-,18-,24+/m0/s1. The molecule has 0 aromatic heterocycles. The number of carbonyl (C=O) groups is 4. The van der Waals surface area contributed by atoms with Crippen molar-refractivity contribution in [2.24, 2.45) is 5.92 Å². The summed E-state index contributed by atoms with van der Waals surface area (Å²) in [5.41, 5.74) is -2.30. The number of hydrogen-bond donors (Lipinski definition) is 4. The second-order valence-electron chi connectivity index (χ2n) is 11.3. The van der Waals surface area contributed by atoms with E-state index in [0.717, 1.165) is 0 Å². The van der Waals surface area contributed by atoms with Crippen LogP contribution in [0.15, 0.2) is 12.2 Å². The number of nitrogens with one attached hydrogen (secondary N) is 3. The maximum atomic E-state index is 13.5. The molecule has 0 aromatic carbocycles. The summed E-state index contributed by atoms with van der Waals surface area (Å²) in [6.45, 7) is 5.13. The number of nitrogens with zero attached hydrogens (tertiary/aromatic N) is 1. The van der Waals surface area contributed by atoms with E-state index in [1.165, 1.54) is 4.90 Å². The van der Waals surface area contributed by atoms with Crippen molar-refractivity contribution in [2.75, 3.05) is 19.8 Å². The van der Waals surface area contributed by atoms with Gasteiger partial charge >= 0.3 is 6.09 Å². The number of ether oxygens (including phenoxy) is 2. The highest BCUT2D eigenvalue weighted by molar-refractivity contribution is 7.91. The van der Waals surface area contributed by atoms with Crippen molar-refractivity contribution in [3.8, 4) is 0 Å². The average molecular weight is 557 g/mol. The molecule has 0 aromatic rings. The number of aliphatic hydroxyl groups is 1. The summed E-state index contributed by atoms with van der Waals surface area (Å²) < 4.78 is 37.8. The second kappa shape index (κ2) is 10.5. The fourth-order valence-electron chi connectivity index (χ4n) is 4.75. The van der Waals surface area contributed by atoms with Gasteiger partial charge in [0.1, 0.15) is 23.2 Å². The third-order valence-electron chi connectivity index (χ3n) is 6.95. The van der Waals surface area contributed by atoms with Crippen molar-refractivity contribution in [3.05, 3.63) is 12.2 Å². The van der Waals surface area contributed by atoms with Crippen molar-refractivity contribution < 1.29 is 42.2 Å². The molecule has 212 valence electrons. The molecule has 14 heteroatoms. The summed E-state index contributed by atoms with van der Waals surface area (Å²) in [4.78, 5) is 53.7. The molecule has 4 N–H and O–H groups in total. The van der Waals surface area contributed by atoms with Gasteiger partial charge in [-0.15, -0.1) is 0 Å². The highest BCUT2D eigenvalue weighted by atomic mass is 32.2. The minimum atomic E-state index is -3.85. The maximum Gasteiger partial charge on any atom is 0.408 e. The summed E-state index contributed by atoms with van der Waals surface area (Å²) in [7, 11) is -3.85. The lowest BCUT2D eigenvalue weighted by Gasteiger charge is -2.30. The molecule has 4 aliphatic rings. The fourth-order valence-corrected chi connectivity index (χ4v) is 6.12. The number of sulfonamides is 1. The molecule has 2 aliphatic heterocycles. The van der Waals surface area contributed by atoms with Crippen LogP contribution in [0.2, 0.25) is 0 Å². The van der Waals surface area contributed by atoms with E-state index >= 15 is 0 Å². The first-order valence-electron chi connectivity index (χ1n) is 12.8. The molecule has 0 spiro atoms. The molecule has 0 bridgehead atoms. The molecule has 4 amide bonds. The van der Waals surface area contributed by atoms with Gasteiger partial charge in [0.2, 0.25) is 21.8 Å². The number of rotatable bonds is 4. The van der Waals surface area contributed by atoms with E-state index in [4.69, 9.17) is 9.47 Å². The van der Waals surface area contributed by atoms with Crippen LogP contribution < -0.4 is 15.4 Å². The number of hydrogen-bond acceptors (Lipinski definition) is 9. The van der Waals surface area contributed by atoms with Gasteiger partial charge in [-0.2, -0.15) is 0 Å². The zero-order valence-electron chi connectivity index (χ0n) is 21.8. The minimum Gasteiger partial charge on any atom is -0.444 e. The minimum absolute atomic E-state index is 0.0776.